The molecule has 2 saturated heterocycles. The predicted molar refractivity (Wildman–Crippen MR) is 79.8 cm³/mol. The van der Waals surface area contributed by atoms with E-state index in [-0.39, 0.29) is 30.5 Å². The number of nitrogens with zero attached hydrogens (tertiary/aromatic N) is 1. The van der Waals surface area contributed by atoms with E-state index in [4.69, 9.17) is 0 Å². The molecule has 114 valence electrons. The van der Waals surface area contributed by atoms with Crippen molar-refractivity contribution in [3.63, 3.8) is 0 Å². The fraction of sp³-hybridized carbons (Fsp3) is 1.00. The van der Waals surface area contributed by atoms with Gasteiger partial charge in [0.25, 0.3) is 10.2 Å². The average Bonchev–Trinajstić information content (AvgIpc) is 2.32. The Bertz CT molecular complexity index is 377. The molecule has 7 heteroatoms. The molecule has 3 atom stereocenters. The van der Waals surface area contributed by atoms with Gasteiger partial charge >= 0.3 is 0 Å². The van der Waals surface area contributed by atoms with Gasteiger partial charge in [0.15, 0.2) is 0 Å². The van der Waals surface area contributed by atoms with E-state index in [2.05, 4.69) is 10.0 Å². The van der Waals surface area contributed by atoms with Gasteiger partial charge in [-0.1, -0.05) is 6.42 Å². The maximum Gasteiger partial charge on any atom is 0.279 e. The number of hydrogen-bond donors (Lipinski definition) is 2. The first-order valence-electron chi connectivity index (χ1n) is 7.03. The highest BCUT2D eigenvalue weighted by Gasteiger charge is 2.33. The van der Waals surface area contributed by atoms with Crippen LogP contribution in [0.25, 0.3) is 0 Å². The van der Waals surface area contributed by atoms with E-state index < -0.39 is 10.2 Å². The molecule has 2 fully saturated rings. The van der Waals surface area contributed by atoms with Crippen LogP contribution in [0.2, 0.25) is 0 Å². The van der Waals surface area contributed by atoms with Crippen LogP contribution in [0.15, 0.2) is 0 Å². The SMILES string of the molecule is CC1NCCCC1NS(=O)(=O)N1CCCCC1C.Cl. The first-order chi connectivity index (χ1) is 8.50. The van der Waals surface area contributed by atoms with Crippen LogP contribution in [-0.2, 0) is 10.2 Å². The summed E-state index contributed by atoms with van der Waals surface area (Å²) in [6.07, 6.45) is 5.04. The maximum atomic E-state index is 12.4. The summed E-state index contributed by atoms with van der Waals surface area (Å²) in [4.78, 5) is 0. The lowest BCUT2D eigenvalue weighted by molar-refractivity contribution is 0.258. The zero-order chi connectivity index (χ0) is 13.2. The molecular weight excluding hydrogens is 286 g/mol. The lowest BCUT2D eigenvalue weighted by Crippen LogP contribution is -2.56. The number of piperidine rings is 2. The smallest absolute Gasteiger partial charge is 0.279 e. The van der Waals surface area contributed by atoms with Crippen molar-refractivity contribution in [3.8, 4) is 0 Å². The topological polar surface area (TPSA) is 61.4 Å². The third-order valence-corrected chi connectivity index (χ3v) is 5.87. The summed E-state index contributed by atoms with van der Waals surface area (Å²) in [5.74, 6) is 0. The molecule has 3 unspecified atom stereocenters. The minimum absolute atomic E-state index is 0. The first-order valence-corrected chi connectivity index (χ1v) is 8.47. The lowest BCUT2D eigenvalue weighted by Gasteiger charge is -2.36. The largest absolute Gasteiger partial charge is 0.313 e. The van der Waals surface area contributed by atoms with Crippen molar-refractivity contribution in [1.29, 1.82) is 0 Å². The summed E-state index contributed by atoms with van der Waals surface area (Å²) in [6.45, 7) is 5.69. The molecule has 0 radical (unpaired) electrons. The molecule has 19 heavy (non-hydrogen) atoms. The normalized spacial score (nSPS) is 33.7. The lowest BCUT2D eigenvalue weighted by atomic mass is 10.0. The molecule has 0 aromatic heterocycles. The van der Waals surface area contributed by atoms with Crippen molar-refractivity contribution in [1.82, 2.24) is 14.3 Å². The van der Waals surface area contributed by atoms with Crippen molar-refractivity contribution in [3.05, 3.63) is 0 Å². The van der Waals surface area contributed by atoms with Gasteiger partial charge in [-0.3, -0.25) is 0 Å². The quantitative estimate of drug-likeness (QED) is 0.825. The number of nitrogens with one attached hydrogen (secondary N) is 2. The molecule has 2 aliphatic heterocycles. The van der Waals surface area contributed by atoms with Crippen molar-refractivity contribution in [2.75, 3.05) is 13.1 Å². The number of hydrogen-bond acceptors (Lipinski definition) is 3. The Morgan fingerprint density at radius 3 is 2.53 bits per heavy atom. The van der Waals surface area contributed by atoms with Crippen molar-refractivity contribution < 1.29 is 8.42 Å². The summed E-state index contributed by atoms with van der Waals surface area (Å²) in [7, 11) is -3.32. The van der Waals surface area contributed by atoms with Gasteiger partial charge in [0.05, 0.1) is 0 Å². The molecule has 0 aromatic carbocycles. The monoisotopic (exact) mass is 311 g/mol. The van der Waals surface area contributed by atoms with Gasteiger partial charge in [0.1, 0.15) is 0 Å². The molecule has 5 nitrogen and oxygen atoms in total. The van der Waals surface area contributed by atoms with E-state index in [0.717, 1.165) is 38.6 Å². The molecule has 2 N–H and O–H groups in total. The van der Waals surface area contributed by atoms with E-state index in [9.17, 15) is 8.42 Å². The number of rotatable bonds is 3. The minimum atomic E-state index is -3.32. The summed E-state index contributed by atoms with van der Waals surface area (Å²) >= 11 is 0. The van der Waals surface area contributed by atoms with Gasteiger partial charge in [0.2, 0.25) is 0 Å². The second-order valence-corrected chi connectivity index (χ2v) is 7.22. The Hall–Kier alpha value is 0.120. The summed E-state index contributed by atoms with van der Waals surface area (Å²) < 4.78 is 29.3. The second-order valence-electron chi connectivity index (χ2n) is 5.57. The van der Waals surface area contributed by atoms with E-state index in [1.54, 1.807) is 4.31 Å². The highest BCUT2D eigenvalue weighted by molar-refractivity contribution is 7.87. The summed E-state index contributed by atoms with van der Waals surface area (Å²) in [5.41, 5.74) is 0. The molecule has 0 aliphatic carbocycles. The van der Waals surface area contributed by atoms with E-state index in [1.165, 1.54) is 0 Å². The molecule has 2 rings (SSSR count). The molecule has 2 aliphatic rings. The molecule has 0 aromatic rings. The molecule has 0 spiro atoms. The first kappa shape index (κ1) is 17.2. The van der Waals surface area contributed by atoms with Gasteiger partial charge in [-0.05, 0) is 46.1 Å². The molecule has 0 bridgehead atoms. The molecule has 0 saturated carbocycles. The zero-order valence-electron chi connectivity index (χ0n) is 11.8. The average molecular weight is 312 g/mol. The van der Waals surface area contributed by atoms with Crippen LogP contribution in [0.3, 0.4) is 0 Å². The summed E-state index contributed by atoms with van der Waals surface area (Å²) in [5, 5.41) is 3.32. The van der Waals surface area contributed by atoms with Crippen LogP contribution in [-0.4, -0.2) is 43.9 Å². The van der Waals surface area contributed by atoms with Crippen LogP contribution in [0, 0.1) is 0 Å². The van der Waals surface area contributed by atoms with Gasteiger partial charge in [-0.15, -0.1) is 12.4 Å². The highest BCUT2D eigenvalue weighted by atomic mass is 35.5. The third kappa shape index (κ3) is 4.29. The Labute approximate surface area is 123 Å². The predicted octanol–water partition coefficient (Wildman–Crippen LogP) is 1.26. The standard InChI is InChI=1S/C12H25N3O2S.ClH/c1-10-6-3-4-9-15(10)18(16,17)14-12-7-5-8-13-11(12)2;/h10-14H,3-9H2,1-2H3;1H. The van der Waals surface area contributed by atoms with Crippen LogP contribution in [0.1, 0.15) is 46.0 Å². The molecule has 0 amide bonds. The Morgan fingerprint density at radius 2 is 1.89 bits per heavy atom. The van der Waals surface area contributed by atoms with E-state index >= 15 is 0 Å². The maximum absolute atomic E-state index is 12.4. The Morgan fingerprint density at radius 1 is 1.16 bits per heavy atom. The molecular formula is C12H26ClN3O2S. The Kier molecular flexibility index (Phi) is 6.53. The van der Waals surface area contributed by atoms with Crippen LogP contribution < -0.4 is 10.0 Å². The van der Waals surface area contributed by atoms with Gasteiger partial charge in [0, 0.05) is 24.7 Å². The van der Waals surface area contributed by atoms with Crippen LogP contribution in [0.4, 0.5) is 0 Å². The Balaban J connectivity index is 0.00000180. The fourth-order valence-electron chi connectivity index (χ4n) is 2.89. The highest BCUT2D eigenvalue weighted by Crippen LogP contribution is 2.20. The van der Waals surface area contributed by atoms with E-state index in [1.807, 2.05) is 13.8 Å². The van der Waals surface area contributed by atoms with Crippen molar-refractivity contribution in [2.24, 2.45) is 0 Å². The summed E-state index contributed by atoms with van der Waals surface area (Å²) in [6, 6.07) is 0.370. The third-order valence-electron chi connectivity index (χ3n) is 4.11. The van der Waals surface area contributed by atoms with Crippen LogP contribution >= 0.6 is 12.4 Å². The van der Waals surface area contributed by atoms with Gasteiger partial charge in [-0.25, -0.2) is 0 Å². The number of halogens is 1. The molecule has 2 heterocycles. The second kappa shape index (κ2) is 7.22. The fourth-order valence-corrected chi connectivity index (χ4v) is 4.68. The van der Waals surface area contributed by atoms with Crippen molar-refractivity contribution >= 4 is 22.6 Å². The minimum Gasteiger partial charge on any atom is -0.313 e. The van der Waals surface area contributed by atoms with E-state index in [0.29, 0.717) is 6.54 Å². The zero-order valence-corrected chi connectivity index (χ0v) is 13.4. The van der Waals surface area contributed by atoms with Crippen molar-refractivity contribution in [2.45, 2.75) is 64.1 Å². The van der Waals surface area contributed by atoms with Gasteiger partial charge < -0.3 is 5.32 Å². The van der Waals surface area contributed by atoms with Gasteiger partial charge in [-0.2, -0.15) is 17.4 Å². The van der Waals surface area contributed by atoms with Crippen LogP contribution in [0.5, 0.6) is 0 Å².